The van der Waals surface area contributed by atoms with Crippen LogP contribution in [-0.2, 0) is 10.2 Å². The van der Waals surface area contributed by atoms with Gasteiger partial charge in [0.15, 0.2) is 5.76 Å². The fourth-order valence-electron chi connectivity index (χ4n) is 3.60. The van der Waals surface area contributed by atoms with Crippen LogP contribution in [0.25, 0.3) is 11.5 Å². The number of furan rings is 1. The fraction of sp³-hybridized carbons (Fsp3) is 0.556. The summed E-state index contributed by atoms with van der Waals surface area (Å²) in [5, 5.41) is 7.41. The molecule has 2 atom stereocenters. The molecule has 1 N–H and O–H groups in total. The van der Waals surface area contributed by atoms with Crippen molar-refractivity contribution in [1.29, 1.82) is 0 Å². The number of rotatable bonds is 4. The third-order valence-electron chi connectivity index (χ3n) is 5.38. The summed E-state index contributed by atoms with van der Waals surface area (Å²) in [5.74, 6) is 1.88. The van der Waals surface area contributed by atoms with E-state index < -0.39 is 5.41 Å². The Morgan fingerprint density at radius 3 is 2.83 bits per heavy atom. The predicted molar refractivity (Wildman–Crippen MR) is 84.7 cm³/mol. The topological polar surface area (TPSA) is 68.3 Å². The lowest BCUT2D eigenvalue weighted by molar-refractivity contribution is -0.125. The minimum atomic E-state index is -0.495. The van der Waals surface area contributed by atoms with Gasteiger partial charge in [-0.2, -0.15) is 0 Å². The van der Waals surface area contributed by atoms with Crippen molar-refractivity contribution in [3.63, 3.8) is 0 Å². The largest absolute Gasteiger partial charge is 0.461 e. The van der Waals surface area contributed by atoms with Gasteiger partial charge in [-0.05, 0) is 43.7 Å². The number of hydrogen-bond acceptors (Lipinski definition) is 4. The lowest BCUT2D eigenvalue weighted by atomic mass is 9.85. The second-order valence-electron chi connectivity index (χ2n) is 6.98. The van der Waals surface area contributed by atoms with Crippen molar-refractivity contribution < 1.29 is 13.7 Å². The zero-order valence-electron chi connectivity index (χ0n) is 13.4. The highest BCUT2D eigenvalue weighted by Gasteiger charge is 2.54. The summed E-state index contributed by atoms with van der Waals surface area (Å²) in [6, 6.07) is 5.77. The Balaban J connectivity index is 1.50. The molecule has 1 amide bonds. The quantitative estimate of drug-likeness (QED) is 0.935. The van der Waals surface area contributed by atoms with Crippen LogP contribution in [0, 0.1) is 5.92 Å². The Morgan fingerprint density at radius 1 is 1.30 bits per heavy atom. The van der Waals surface area contributed by atoms with Crippen LogP contribution < -0.4 is 5.32 Å². The molecule has 23 heavy (non-hydrogen) atoms. The second-order valence-corrected chi connectivity index (χ2v) is 6.98. The van der Waals surface area contributed by atoms with Crippen LogP contribution in [0.15, 0.2) is 33.4 Å². The van der Waals surface area contributed by atoms with Gasteiger partial charge >= 0.3 is 0 Å². The molecule has 0 bridgehead atoms. The smallest absolute Gasteiger partial charge is 0.232 e. The molecular weight excluding hydrogens is 292 g/mol. The van der Waals surface area contributed by atoms with E-state index >= 15 is 0 Å². The van der Waals surface area contributed by atoms with E-state index in [1.165, 1.54) is 19.3 Å². The van der Waals surface area contributed by atoms with E-state index in [1.54, 1.807) is 6.26 Å². The summed E-state index contributed by atoms with van der Waals surface area (Å²) in [4.78, 5) is 12.8. The molecule has 2 saturated carbocycles. The summed E-state index contributed by atoms with van der Waals surface area (Å²) >= 11 is 0. The molecule has 2 aliphatic rings. The fourth-order valence-corrected chi connectivity index (χ4v) is 3.60. The Kier molecular flexibility index (Phi) is 3.51. The SMILES string of the molecule is CC1CCCCC1NC(=O)C1(c2cc(-c3ccco3)on2)CC1. The number of carbonyl (C=O) groups excluding carboxylic acids is 1. The number of amides is 1. The van der Waals surface area contributed by atoms with Crippen LogP contribution in [0.3, 0.4) is 0 Å². The van der Waals surface area contributed by atoms with E-state index in [-0.39, 0.29) is 5.91 Å². The van der Waals surface area contributed by atoms with Crippen molar-refractivity contribution in [3.05, 3.63) is 30.2 Å². The highest BCUT2D eigenvalue weighted by molar-refractivity contribution is 5.91. The molecule has 122 valence electrons. The standard InChI is InChI=1S/C18H22N2O3/c1-12-5-2-3-6-13(12)19-17(21)18(8-9-18)16-11-15(23-20-16)14-7-4-10-22-14/h4,7,10-13H,2-3,5-6,8-9H2,1H3,(H,19,21). The van der Waals surface area contributed by atoms with Gasteiger partial charge < -0.3 is 14.3 Å². The summed E-state index contributed by atoms with van der Waals surface area (Å²) < 4.78 is 10.7. The monoisotopic (exact) mass is 314 g/mol. The van der Waals surface area contributed by atoms with E-state index in [1.807, 2.05) is 18.2 Å². The number of aromatic nitrogens is 1. The molecule has 0 radical (unpaired) electrons. The Labute approximate surface area is 135 Å². The van der Waals surface area contributed by atoms with Crippen molar-refractivity contribution in [2.75, 3.05) is 0 Å². The highest BCUT2D eigenvalue weighted by Crippen LogP contribution is 2.49. The highest BCUT2D eigenvalue weighted by atomic mass is 16.5. The van der Waals surface area contributed by atoms with E-state index in [4.69, 9.17) is 8.94 Å². The zero-order valence-corrected chi connectivity index (χ0v) is 13.4. The maximum Gasteiger partial charge on any atom is 0.232 e. The van der Waals surface area contributed by atoms with Crippen molar-refractivity contribution >= 4 is 5.91 Å². The molecule has 2 unspecified atom stereocenters. The van der Waals surface area contributed by atoms with E-state index in [9.17, 15) is 4.79 Å². The molecule has 0 spiro atoms. The number of carbonyl (C=O) groups is 1. The summed E-state index contributed by atoms with van der Waals surface area (Å²) in [6.07, 6.45) is 8.03. The lowest BCUT2D eigenvalue weighted by Gasteiger charge is -2.30. The predicted octanol–water partition coefficient (Wildman–Crippen LogP) is 3.66. The van der Waals surface area contributed by atoms with Gasteiger partial charge in [0, 0.05) is 12.1 Å². The van der Waals surface area contributed by atoms with E-state index in [2.05, 4.69) is 17.4 Å². The maximum atomic E-state index is 12.8. The van der Waals surface area contributed by atoms with Crippen LogP contribution in [0.5, 0.6) is 0 Å². The zero-order chi connectivity index (χ0) is 15.9. The first-order chi connectivity index (χ1) is 11.2. The van der Waals surface area contributed by atoms with Gasteiger partial charge in [0.05, 0.1) is 17.4 Å². The van der Waals surface area contributed by atoms with Gasteiger partial charge in [-0.3, -0.25) is 4.79 Å². The molecule has 2 heterocycles. The van der Waals surface area contributed by atoms with Crippen LogP contribution in [0.4, 0.5) is 0 Å². The van der Waals surface area contributed by atoms with Crippen molar-refractivity contribution in [2.45, 2.75) is 56.9 Å². The molecule has 0 aliphatic heterocycles. The van der Waals surface area contributed by atoms with Gasteiger partial charge in [0.1, 0.15) is 0 Å². The average molecular weight is 314 g/mol. The first-order valence-electron chi connectivity index (χ1n) is 8.51. The maximum absolute atomic E-state index is 12.8. The normalized spacial score (nSPS) is 26.0. The molecule has 2 aromatic heterocycles. The molecular formula is C18H22N2O3. The van der Waals surface area contributed by atoms with Crippen LogP contribution >= 0.6 is 0 Å². The molecule has 2 aliphatic carbocycles. The summed E-state index contributed by atoms with van der Waals surface area (Å²) in [7, 11) is 0. The van der Waals surface area contributed by atoms with Gasteiger partial charge in [0.25, 0.3) is 0 Å². The molecule has 5 heteroatoms. The molecule has 0 saturated heterocycles. The summed E-state index contributed by atoms with van der Waals surface area (Å²) in [5.41, 5.74) is 0.232. The minimum absolute atomic E-state index is 0.107. The Bertz CT molecular complexity index is 685. The third-order valence-corrected chi connectivity index (χ3v) is 5.38. The second kappa shape index (κ2) is 5.55. The number of nitrogens with one attached hydrogen (secondary N) is 1. The molecule has 2 fully saturated rings. The van der Waals surface area contributed by atoms with Crippen LogP contribution in [0.2, 0.25) is 0 Å². The lowest BCUT2D eigenvalue weighted by Crippen LogP contribution is -2.45. The Hall–Kier alpha value is -2.04. The van der Waals surface area contributed by atoms with Gasteiger partial charge in [-0.15, -0.1) is 0 Å². The van der Waals surface area contributed by atoms with Crippen LogP contribution in [0.1, 0.15) is 51.1 Å². The number of hydrogen-bond donors (Lipinski definition) is 1. The summed E-state index contributed by atoms with van der Waals surface area (Å²) in [6.45, 7) is 2.23. The minimum Gasteiger partial charge on any atom is -0.461 e. The van der Waals surface area contributed by atoms with Crippen molar-refractivity contribution in [2.24, 2.45) is 5.92 Å². The van der Waals surface area contributed by atoms with E-state index in [0.29, 0.717) is 23.5 Å². The van der Waals surface area contributed by atoms with Crippen molar-refractivity contribution in [1.82, 2.24) is 10.5 Å². The average Bonchev–Trinajstić information content (AvgIpc) is 2.99. The number of nitrogens with zero attached hydrogens (tertiary/aromatic N) is 1. The van der Waals surface area contributed by atoms with Gasteiger partial charge in [0.2, 0.25) is 11.7 Å². The van der Waals surface area contributed by atoms with Gasteiger partial charge in [-0.1, -0.05) is 24.9 Å². The molecule has 5 nitrogen and oxygen atoms in total. The molecule has 0 aromatic carbocycles. The first-order valence-corrected chi connectivity index (χ1v) is 8.51. The first kappa shape index (κ1) is 14.5. The van der Waals surface area contributed by atoms with Crippen LogP contribution in [-0.4, -0.2) is 17.1 Å². The third kappa shape index (κ3) is 2.58. The van der Waals surface area contributed by atoms with Crippen molar-refractivity contribution in [3.8, 4) is 11.5 Å². The molecule has 4 rings (SSSR count). The van der Waals surface area contributed by atoms with E-state index in [0.717, 1.165) is 25.0 Å². The molecule has 2 aromatic rings. The Morgan fingerprint density at radius 2 is 2.13 bits per heavy atom. The van der Waals surface area contributed by atoms with Gasteiger partial charge in [-0.25, -0.2) is 0 Å².